The number of fused-ring (bicyclic) bond motifs is 3. The van der Waals surface area contributed by atoms with Gasteiger partial charge in [-0.05, 0) is 64.9 Å². The standard InChI is InChI=1S/C41H39N5/c1-29-13-12-20-37-40(29)36-25-35(32-16-8-4-9-17-32)38(26-39(36)44-37)43-34-23-21-30(22-24-34)27-42-41(33-18-10-5-11-19-33)45-46(2)28-31-14-6-3-7-15-31/h3-12,14-26,29,43-44H,13,27-28H2,1-2H3,(H,42,45). The monoisotopic (exact) mass is 601 g/mol. The molecule has 5 nitrogen and oxygen atoms in total. The SMILES string of the molecule is CC1CC=Cc2[nH]c3cc(Nc4ccc(C/N=C(\NN(C)Cc5ccccc5)c5ccccc5)cc4)c(-c4ccccc4)cc3c21. The number of hydrazine groups is 1. The van der Waals surface area contributed by atoms with Crippen molar-refractivity contribution >= 4 is 34.2 Å². The van der Waals surface area contributed by atoms with Crippen LogP contribution in [0.5, 0.6) is 0 Å². The van der Waals surface area contributed by atoms with Crippen LogP contribution in [0.2, 0.25) is 0 Å². The Morgan fingerprint density at radius 1 is 0.826 bits per heavy atom. The third-order valence-electron chi connectivity index (χ3n) is 8.62. The Hall–Kier alpha value is -5.39. The van der Waals surface area contributed by atoms with Crippen molar-refractivity contribution in [3.05, 3.63) is 161 Å². The number of nitrogens with zero attached hydrogens (tertiary/aromatic N) is 2. The minimum absolute atomic E-state index is 0.494. The number of nitrogens with one attached hydrogen (secondary N) is 3. The molecule has 0 saturated heterocycles. The minimum Gasteiger partial charge on any atom is -0.355 e. The van der Waals surface area contributed by atoms with Gasteiger partial charge in [0.25, 0.3) is 0 Å². The van der Waals surface area contributed by atoms with E-state index >= 15 is 0 Å². The summed E-state index contributed by atoms with van der Waals surface area (Å²) in [5, 5.41) is 7.11. The molecular formula is C41H39N5. The number of H-pyrrole nitrogens is 1. The maximum absolute atomic E-state index is 5.02. The molecule has 1 heterocycles. The predicted octanol–water partition coefficient (Wildman–Crippen LogP) is 9.68. The highest BCUT2D eigenvalue weighted by molar-refractivity contribution is 5.99. The first-order valence-electron chi connectivity index (χ1n) is 16.0. The van der Waals surface area contributed by atoms with Crippen LogP contribution >= 0.6 is 0 Å². The average Bonchev–Trinajstić information content (AvgIpc) is 3.46. The zero-order valence-electron chi connectivity index (χ0n) is 26.4. The van der Waals surface area contributed by atoms with E-state index in [0.29, 0.717) is 12.5 Å². The largest absolute Gasteiger partial charge is 0.355 e. The van der Waals surface area contributed by atoms with Crippen LogP contribution in [0, 0.1) is 0 Å². The van der Waals surface area contributed by atoms with Crippen LogP contribution in [0.1, 0.15) is 47.2 Å². The Morgan fingerprint density at radius 2 is 1.52 bits per heavy atom. The fourth-order valence-electron chi connectivity index (χ4n) is 6.30. The molecule has 7 rings (SSSR count). The third kappa shape index (κ3) is 6.51. The molecule has 1 atom stereocenters. The summed E-state index contributed by atoms with van der Waals surface area (Å²) in [6, 6.07) is 44.6. The van der Waals surface area contributed by atoms with Crippen LogP contribution in [-0.4, -0.2) is 22.9 Å². The number of aromatic nitrogens is 1. The molecule has 1 aliphatic rings. The second kappa shape index (κ2) is 13.3. The Labute approximate surface area is 271 Å². The van der Waals surface area contributed by atoms with Gasteiger partial charge in [-0.2, -0.15) is 0 Å². The van der Waals surface area contributed by atoms with Crippen molar-refractivity contribution in [1.29, 1.82) is 0 Å². The van der Waals surface area contributed by atoms with Gasteiger partial charge >= 0.3 is 0 Å². The lowest BCUT2D eigenvalue weighted by Gasteiger charge is -2.21. The molecule has 0 fully saturated rings. The number of aliphatic imine (C=N–C) groups is 1. The number of allylic oxidation sites excluding steroid dienone is 1. The summed E-state index contributed by atoms with van der Waals surface area (Å²) in [5.74, 6) is 1.34. The van der Waals surface area contributed by atoms with Crippen LogP contribution < -0.4 is 10.7 Å². The van der Waals surface area contributed by atoms with E-state index < -0.39 is 0 Å². The molecule has 46 heavy (non-hydrogen) atoms. The Balaban J connectivity index is 1.13. The zero-order chi connectivity index (χ0) is 31.3. The number of anilines is 2. The second-order valence-electron chi connectivity index (χ2n) is 12.1. The van der Waals surface area contributed by atoms with E-state index in [1.165, 1.54) is 33.3 Å². The topological polar surface area (TPSA) is 55.5 Å². The molecule has 0 saturated carbocycles. The van der Waals surface area contributed by atoms with Crippen molar-refractivity contribution in [2.75, 3.05) is 12.4 Å². The molecule has 1 aliphatic carbocycles. The minimum atomic E-state index is 0.494. The van der Waals surface area contributed by atoms with Crippen molar-refractivity contribution in [3.63, 3.8) is 0 Å². The van der Waals surface area contributed by atoms with Crippen LogP contribution in [0.25, 0.3) is 28.1 Å². The van der Waals surface area contributed by atoms with E-state index in [1.54, 1.807) is 0 Å². The highest BCUT2D eigenvalue weighted by Gasteiger charge is 2.20. The maximum Gasteiger partial charge on any atom is 0.143 e. The first-order chi connectivity index (χ1) is 22.6. The summed E-state index contributed by atoms with van der Waals surface area (Å²) < 4.78 is 0. The van der Waals surface area contributed by atoms with Crippen LogP contribution in [0.4, 0.5) is 11.4 Å². The fraction of sp³-hybridized carbons (Fsp3) is 0.146. The number of aromatic amines is 1. The summed E-state index contributed by atoms with van der Waals surface area (Å²) in [5.41, 5.74) is 15.3. The predicted molar refractivity (Wildman–Crippen MR) is 193 cm³/mol. The fourth-order valence-corrected chi connectivity index (χ4v) is 6.30. The second-order valence-corrected chi connectivity index (χ2v) is 12.1. The van der Waals surface area contributed by atoms with Gasteiger partial charge in [0.2, 0.25) is 0 Å². The molecule has 1 unspecified atom stereocenters. The summed E-state index contributed by atoms with van der Waals surface area (Å²) >= 11 is 0. The Kier molecular flexibility index (Phi) is 8.49. The molecule has 5 aromatic carbocycles. The van der Waals surface area contributed by atoms with Gasteiger partial charge in [0.05, 0.1) is 6.54 Å². The van der Waals surface area contributed by atoms with Gasteiger partial charge in [0.15, 0.2) is 0 Å². The lowest BCUT2D eigenvalue weighted by Crippen LogP contribution is -2.39. The molecule has 5 heteroatoms. The Morgan fingerprint density at radius 3 is 2.26 bits per heavy atom. The van der Waals surface area contributed by atoms with Gasteiger partial charge in [-0.15, -0.1) is 0 Å². The van der Waals surface area contributed by atoms with Gasteiger partial charge in [-0.1, -0.05) is 116 Å². The molecule has 0 spiro atoms. The molecular weight excluding hydrogens is 562 g/mol. The van der Waals surface area contributed by atoms with Crippen molar-refractivity contribution in [2.24, 2.45) is 4.99 Å². The first-order valence-corrected chi connectivity index (χ1v) is 16.0. The van der Waals surface area contributed by atoms with Crippen LogP contribution in [0.15, 0.2) is 138 Å². The Bertz CT molecular complexity index is 1970. The van der Waals surface area contributed by atoms with Crippen molar-refractivity contribution in [3.8, 4) is 11.1 Å². The van der Waals surface area contributed by atoms with E-state index in [4.69, 9.17) is 4.99 Å². The number of hydrogen-bond donors (Lipinski definition) is 3. The molecule has 0 bridgehead atoms. The zero-order valence-corrected chi connectivity index (χ0v) is 26.4. The number of benzene rings is 5. The molecule has 3 N–H and O–H groups in total. The van der Waals surface area contributed by atoms with Crippen LogP contribution in [0.3, 0.4) is 0 Å². The lowest BCUT2D eigenvalue weighted by atomic mass is 9.89. The van der Waals surface area contributed by atoms with Crippen molar-refractivity contribution in [2.45, 2.75) is 32.4 Å². The van der Waals surface area contributed by atoms with E-state index in [-0.39, 0.29) is 0 Å². The van der Waals surface area contributed by atoms with Gasteiger partial charge in [0, 0.05) is 52.7 Å². The molecule has 1 aromatic heterocycles. The highest BCUT2D eigenvalue weighted by Crippen LogP contribution is 2.41. The summed E-state index contributed by atoms with van der Waals surface area (Å²) in [6.45, 7) is 3.65. The van der Waals surface area contributed by atoms with Crippen molar-refractivity contribution < 1.29 is 0 Å². The van der Waals surface area contributed by atoms with Gasteiger partial charge in [-0.25, -0.2) is 5.01 Å². The average molecular weight is 602 g/mol. The highest BCUT2D eigenvalue weighted by atomic mass is 15.5. The third-order valence-corrected chi connectivity index (χ3v) is 8.62. The maximum atomic E-state index is 5.02. The normalized spacial score (nSPS) is 14.4. The lowest BCUT2D eigenvalue weighted by molar-refractivity contribution is 0.284. The number of amidine groups is 1. The quantitative estimate of drug-likeness (QED) is 0.0879. The van der Waals surface area contributed by atoms with Crippen molar-refractivity contribution in [1.82, 2.24) is 15.4 Å². The molecule has 0 amide bonds. The van der Waals surface area contributed by atoms with Gasteiger partial charge in [-0.3, -0.25) is 4.99 Å². The number of rotatable bonds is 9. The summed E-state index contributed by atoms with van der Waals surface area (Å²) in [6.07, 6.45) is 5.57. The van der Waals surface area contributed by atoms with Crippen LogP contribution in [-0.2, 0) is 13.1 Å². The van der Waals surface area contributed by atoms with E-state index in [9.17, 15) is 0 Å². The summed E-state index contributed by atoms with van der Waals surface area (Å²) in [4.78, 5) is 8.70. The molecule has 228 valence electrons. The summed E-state index contributed by atoms with van der Waals surface area (Å²) in [7, 11) is 2.05. The molecule has 6 aromatic rings. The van der Waals surface area contributed by atoms with E-state index in [2.05, 4.69) is 143 Å². The number of hydrogen-bond acceptors (Lipinski definition) is 3. The van der Waals surface area contributed by atoms with Gasteiger partial charge < -0.3 is 15.7 Å². The molecule has 0 radical (unpaired) electrons. The van der Waals surface area contributed by atoms with Gasteiger partial charge in [0.1, 0.15) is 5.84 Å². The molecule has 0 aliphatic heterocycles. The smallest absolute Gasteiger partial charge is 0.143 e. The van der Waals surface area contributed by atoms with E-state index in [1.807, 2.05) is 31.3 Å². The first kappa shape index (κ1) is 29.3. The van der Waals surface area contributed by atoms with E-state index in [0.717, 1.165) is 46.8 Å².